The Hall–Kier alpha value is -1.32. The number of hydrogen-bond acceptors (Lipinski definition) is 2. The van der Waals surface area contributed by atoms with Crippen LogP contribution in [-0.2, 0) is 6.54 Å². The van der Waals surface area contributed by atoms with Gasteiger partial charge in [-0.3, -0.25) is 4.68 Å². The summed E-state index contributed by atoms with van der Waals surface area (Å²) in [6, 6.07) is 8.68. The van der Waals surface area contributed by atoms with Crippen molar-refractivity contribution in [2.45, 2.75) is 39.8 Å². The molecule has 1 unspecified atom stereocenters. The van der Waals surface area contributed by atoms with Crippen LogP contribution < -0.4 is 5.32 Å². The summed E-state index contributed by atoms with van der Waals surface area (Å²) >= 11 is 6.36. The molecule has 0 aliphatic rings. The van der Waals surface area contributed by atoms with E-state index in [4.69, 9.17) is 11.6 Å². The quantitative estimate of drug-likeness (QED) is 0.873. The molecule has 0 fully saturated rings. The summed E-state index contributed by atoms with van der Waals surface area (Å²) in [6.07, 6.45) is 2.81. The Bertz CT molecular complexity index is 545. The van der Waals surface area contributed by atoms with Crippen LogP contribution in [0.5, 0.6) is 0 Å². The normalized spacial score (nSPS) is 12.6. The van der Waals surface area contributed by atoms with Crippen LogP contribution in [0.15, 0.2) is 30.5 Å². The molecule has 20 heavy (non-hydrogen) atoms. The Morgan fingerprint density at radius 1 is 1.25 bits per heavy atom. The Morgan fingerprint density at radius 2 is 1.95 bits per heavy atom. The highest BCUT2D eigenvalue weighted by atomic mass is 35.5. The van der Waals surface area contributed by atoms with Crippen molar-refractivity contribution in [1.29, 1.82) is 0 Å². The molecule has 3 nitrogen and oxygen atoms in total. The van der Waals surface area contributed by atoms with E-state index >= 15 is 0 Å². The zero-order valence-corrected chi connectivity index (χ0v) is 13.1. The van der Waals surface area contributed by atoms with Gasteiger partial charge in [0.1, 0.15) is 0 Å². The maximum Gasteiger partial charge on any atom is 0.0837 e. The summed E-state index contributed by atoms with van der Waals surface area (Å²) in [6.45, 7) is 8.11. The number of rotatable bonds is 6. The van der Waals surface area contributed by atoms with E-state index in [0.29, 0.717) is 0 Å². The molecule has 0 saturated carbocycles. The van der Waals surface area contributed by atoms with Crippen LogP contribution in [0.1, 0.15) is 43.1 Å². The third-order valence-electron chi connectivity index (χ3n) is 3.42. The highest BCUT2D eigenvalue weighted by Crippen LogP contribution is 2.28. The van der Waals surface area contributed by atoms with Gasteiger partial charge in [-0.05, 0) is 32.4 Å². The van der Waals surface area contributed by atoms with Gasteiger partial charge < -0.3 is 5.32 Å². The van der Waals surface area contributed by atoms with Gasteiger partial charge in [-0.2, -0.15) is 5.10 Å². The first-order valence-corrected chi connectivity index (χ1v) is 7.56. The van der Waals surface area contributed by atoms with Gasteiger partial charge in [0.05, 0.1) is 23.0 Å². The van der Waals surface area contributed by atoms with Crippen molar-refractivity contribution in [2.24, 2.45) is 0 Å². The van der Waals surface area contributed by atoms with Crippen LogP contribution in [0.25, 0.3) is 0 Å². The Labute approximate surface area is 126 Å². The van der Waals surface area contributed by atoms with Gasteiger partial charge in [0.25, 0.3) is 0 Å². The first kappa shape index (κ1) is 15.1. The maximum atomic E-state index is 6.36. The standard InChI is InChI=1S/C16H22ClN3/c1-4-10-18-15(13-8-6-12(3)7-9-13)16-14(17)11-19-20(16)5-2/h6-9,11,15,18H,4-5,10H2,1-3H3. The number of halogens is 1. The molecule has 1 heterocycles. The van der Waals surface area contributed by atoms with Crippen LogP contribution in [0.4, 0.5) is 0 Å². The van der Waals surface area contributed by atoms with E-state index in [2.05, 4.69) is 55.5 Å². The SMILES string of the molecule is CCCNC(c1ccc(C)cc1)c1c(Cl)cnn1CC. The minimum absolute atomic E-state index is 0.0884. The molecular formula is C16H22ClN3. The van der Waals surface area contributed by atoms with E-state index < -0.39 is 0 Å². The van der Waals surface area contributed by atoms with Crippen LogP contribution in [0, 0.1) is 6.92 Å². The second-order valence-electron chi connectivity index (χ2n) is 4.99. The van der Waals surface area contributed by atoms with Crippen molar-refractivity contribution in [1.82, 2.24) is 15.1 Å². The van der Waals surface area contributed by atoms with Gasteiger partial charge in [0.2, 0.25) is 0 Å². The highest BCUT2D eigenvalue weighted by molar-refractivity contribution is 6.31. The highest BCUT2D eigenvalue weighted by Gasteiger charge is 2.21. The van der Waals surface area contributed by atoms with E-state index in [1.807, 2.05) is 4.68 Å². The molecule has 1 aromatic carbocycles. The number of hydrogen-bond donors (Lipinski definition) is 1. The lowest BCUT2D eigenvalue weighted by Gasteiger charge is -2.21. The molecule has 1 N–H and O–H groups in total. The van der Waals surface area contributed by atoms with Crippen LogP contribution in [-0.4, -0.2) is 16.3 Å². The number of benzene rings is 1. The van der Waals surface area contributed by atoms with E-state index in [1.165, 1.54) is 11.1 Å². The van der Waals surface area contributed by atoms with Gasteiger partial charge in [-0.15, -0.1) is 0 Å². The average Bonchev–Trinajstić information content (AvgIpc) is 2.82. The first-order chi connectivity index (χ1) is 9.67. The predicted octanol–water partition coefficient (Wildman–Crippen LogP) is 3.95. The molecule has 1 aromatic heterocycles. The number of nitrogens with one attached hydrogen (secondary N) is 1. The molecule has 2 aromatic rings. The third kappa shape index (κ3) is 3.22. The van der Waals surface area contributed by atoms with Crippen molar-refractivity contribution in [3.8, 4) is 0 Å². The van der Waals surface area contributed by atoms with Gasteiger partial charge >= 0.3 is 0 Å². The smallest absolute Gasteiger partial charge is 0.0837 e. The van der Waals surface area contributed by atoms with E-state index in [0.717, 1.165) is 30.2 Å². The molecule has 0 aliphatic heterocycles. The van der Waals surface area contributed by atoms with Crippen molar-refractivity contribution in [3.05, 3.63) is 52.3 Å². The fourth-order valence-corrected chi connectivity index (χ4v) is 2.58. The molecule has 0 radical (unpaired) electrons. The Morgan fingerprint density at radius 3 is 2.55 bits per heavy atom. The Balaban J connectivity index is 2.41. The monoisotopic (exact) mass is 291 g/mol. The number of aromatic nitrogens is 2. The zero-order chi connectivity index (χ0) is 14.5. The minimum atomic E-state index is 0.0884. The van der Waals surface area contributed by atoms with Crippen molar-refractivity contribution in [3.63, 3.8) is 0 Å². The second kappa shape index (κ2) is 6.91. The molecule has 0 bridgehead atoms. The molecule has 0 aliphatic carbocycles. The molecular weight excluding hydrogens is 270 g/mol. The lowest BCUT2D eigenvalue weighted by Crippen LogP contribution is -2.26. The molecule has 108 valence electrons. The first-order valence-electron chi connectivity index (χ1n) is 7.18. The van der Waals surface area contributed by atoms with Crippen LogP contribution in [0.2, 0.25) is 5.02 Å². The van der Waals surface area contributed by atoms with Crippen molar-refractivity contribution in [2.75, 3.05) is 6.54 Å². The zero-order valence-electron chi connectivity index (χ0n) is 12.4. The van der Waals surface area contributed by atoms with Gasteiger partial charge in [0.15, 0.2) is 0 Å². The lowest BCUT2D eigenvalue weighted by molar-refractivity contribution is 0.530. The fourth-order valence-electron chi connectivity index (χ4n) is 2.33. The summed E-state index contributed by atoms with van der Waals surface area (Å²) in [5, 5.41) is 8.65. The summed E-state index contributed by atoms with van der Waals surface area (Å²) in [7, 11) is 0. The number of nitrogens with zero attached hydrogens (tertiary/aromatic N) is 2. The molecule has 2 rings (SSSR count). The summed E-state index contributed by atoms with van der Waals surface area (Å²) < 4.78 is 1.97. The van der Waals surface area contributed by atoms with Gasteiger partial charge in [-0.1, -0.05) is 48.4 Å². The number of aryl methyl sites for hydroxylation is 2. The van der Waals surface area contributed by atoms with E-state index in [-0.39, 0.29) is 6.04 Å². The van der Waals surface area contributed by atoms with Gasteiger partial charge in [0, 0.05) is 6.54 Å². The third-order valence-corrected chi connectivity index (χ3v) is 3.71. The van der Waals surface area contributed by atoms with E-state index in [1.54, 1.807) is 6.20 Å². The predicted molar refractivity (Wildman–Crippen MR) is 84.2 cm³/mol. The summed E-state index contributed by atoms with van der Waals surface area (Å²) in [5.74, 6) is 0. The Kier molecular flexibility index (Phi) is 5.21. The lowest BCUT2D eigenvalue weighted by atomic mass is 10.0. The topological polar surface area (TPSA) is 29.9 Å². The molecule has 0 amide bonds. The van der Waals surface area contributed by atoms with Crippen LogP contribution >= 0.6 is 11.6 Å². The second-order valence-corrected chi connectivity index (χ2v) is 5.40. The summed E-state index contributed by atoms with van der Waals surface area (Å²) in [4.78, 5) is 0. The molecule has 1 atom stereocenters. The maximum absolute atomic E-state index is 6.36. The van der Waals surface area contributed by atoms with E-state index in [9.17, 15) is 0 Å². The fraction of sp³-hybridized carbons (Fsp3) is 0.438. The molecule has 4 heteroatoms. The molecule has 0 spiro atoms. The average molecular weight is 292 g/mol. The molecule has 0 saturated heterocycles. The van der Waals surface area contributed by atoms with Gasteiger partial charge in [-0.25, -0.2) is 0 Å². The summed E-state index contributed by atoms with van der Waals surface area (Å²) in [5.41, 5.74) is 3.53. The van der Waals surface area contributed by atoms with Crippen molar-refractivity contribution >= 4 is 11.6 Å². The largest absolute Gasteiger partial charge is 0.305 e. The van der Waals surface area contributed by atoms with Crippen LogP contribution in [0.3, 0.4) is 0 Å². The van der Waals surface area contributed by atoms with Crippen molar-refractivity contribution < 1.29 is 0 Å². The minimum Gasteiger partial charge on any atom is -0.305 e.